The van der Waals surface area contributed by atoms with Crippen LogP contribution in [0.25, 0.3) is 0 Å². The van der Waals surface area contributed by atoms with Crippen LogP contribution in [0.2, 0.25) is 0 Å². The van der Waals surface area contributed by atoms with Gasteiger partial charge >= 0.3 is 5.97 Å². The number of hydrogen-bond donors (Lipinski definition) is 2. The summed E-state index contributed by atoms with van der Waals surface area (Å²) in [6, 6.07) is 5.56. The van der Waals surface area contributed by atoms with Gasteiger partial charge in [-0.15, -0.1) is 11.8 Å². The molecule has 0 saturated carbocycles. The number of carboxylic acids is 1. The molecule has 20 heavy (non-hydrogen) atoms. The highest BCUT2D eigenvalue weighted by molar-refractivity contribution is 7.98. The van der Waals surface area contributed by atoms with Gasteiger partial charge in [-0.3, -0.25) is 9.59 Å². The molecule has 0 heterocycles. The van der Waals surface area contributed by atoms with Crippen LogP contribution in [-0.2, 0) is 4.79 Å². The van der Waals surface area contributed by atoms with Crippen molar-refractivity contribution in [3.05, 3.63) is 41.5 Å². The van der Waals surface area contributed by atoms with Crippen LogP contribution in [0.3, 0.4) is 0 Å². The third kappa shape index (κ3) is 3.22. The zero-order chi connectivity index (χ0) is 14.7. The normalized spacial score (nSPS) is 20.9. The molecule has 1 aromatic rings. The zero-order valence-corrected chi connectivity index (χ0v) is 12.2. The Morgan fingerprint density at radius 2 is 2.10 bits per heavy atom. The molecule has 4 nitrogen and oxygen atoms in total. The highest BCUT2D eigenvalue weighted by atomic mass is 32.2. The molecule has 0 radical (unpaired) electrons. The van der Waals surface area contributed by atoms with Crippen LogP contribution in [0.5, 0.6) is 0 Å². The van der Waals surface area contributed by atoms with Crippen LogP contribution < -0.4 is 5.32 Å². The molecule has 2 unspecified atom stereocenters. The summed E-state index contributed by atoms with van der Waals surface area (Å²) in [4.78, 5) is 24.2. The molecular formula is C15H17NO3S. The molecule has 1 amide bonds. The van der Waals surface area contributed by atoms with Gasteiger partial charge < -0.3 is 10.4 Å². The van der Waals surface area contributed by atoms with E-state index in [1.165, 1.54) is 0 Å². The van der Waals surface area contributed by atoms with Gasteiger partial charge in [0.15, 0.2) is 0 Å². The Balaban J connectivity index is 2.06. The largest absolute Gasteiger partial charge is 0.481 e. The highest BCUT2D eigenvalue weighted by Gasteiger charge is 2.25. The van der Waals surface area contributed by atoms with E-state index in [9.17, 15) is 9.59 Å². The number of nitrogens with one attached hydrogen (secondary N) is 1. The second-order valence-electron chi connectivity index (χ2n) is 4.83. The topological polar surface area (TPSA) is 66.4 Å². The molecule has 0 aliphatic heterocycles. The van der Waals surface area contributed by atoms with Gasteiger partial charge in [0.2, 0.25) is 0 Å². The van der Waals surface area contributed by atoms with Crippen molar-refractivity contribution in [2.75, 3.05) is 6.26 Å². The van der Waals surface area contributed by atoms with Crippen LogP contribution in [-0.4, -0.2) is 29.3 Å². The maximum atomic E-state index is 12.3. The molecule has 106 valence electrons. The van der Waals surface area contributed by atoms with Gasteiger partial charge in [0.05, 0.1) is 5.92 Å². The van der Waals surface area contributed by atoms with Crippen LogP contribution >= 0.6 is 11.8 Å². The first-order valence-corrected chi connectivity index (χ1v) is 7.60. The van der Waals surface area contributed by atoms with Crippen molar-refractivity contribution >= 4 is 23.6 Å². The standard InChI is InChI=1S/C15H17NO3S/c1-9-3-6-12(20-2)8-13(9)14(17)16-11-5-4-10(7-11)15(18)19/h3-6,8,10-11H,7H2,1-2H3,(H,16,17)(H,18,19). The quantitative estimate of drug-likeness (QED) is 0.660. The number of amides is 1. The fourth-order valence-electron chi connectivity index (χ4n) is 2.21. The zero-order valence-electron chi connectivity index (χ0n) is 11.4. The summed E-state index contributed by atoms with van der Waals surface area (Å²) in [6.45, 7) is 1.89. The van der Waals surface area contributed by atoms with Crippen molar-refractivity contribution in [3.8, 4) is 0 Å². The first-order valence-electron chi connectivity index (χ1n) is 6.38. The first kappa shape index (κ1) is 14.7. The van der Waals surface area contributed by atoms with E-state index in [4.69, 9.17) is 5.11 Å². The van der Waals surface area contributed by atoms with E-state index in [2.05, 4.69) is 5.32 Å². The smallest absolute Gasteiger partial charge is 0.310 e. The minimum Gasteiger partial charge on any atom is -0.481 e. The number of carboxylic acid groups (broad SMARTS) is 1. The van der Waals surface area contributed by atoms with E-state index in [1.54, 1.807) is 23.9 Å². The number of thioether (sulfide) groups is 1. The lowest BCUT2D eigenvalue weighted by molar-refractivity contribution is -0.140. The van der Waals surface area contributed by atoms with Crippen molar-refractivity contribution in [2.24, 2.45) is 5.92 Å². The van der Waals surface area contributed by atoms with Gasteiger partial charge in [-0.1, -0.05) is 18.2 Å². The second kappa shape index (κ2) is 6.13. The van der Waals surface area contributed by atoms with E-state index in [0.29, 0.717) is 12.0 Å². The Morgan fingerprint density at radius 1 is 1.35 bits per heavy atom. The summed E-state index contributed by atoms with van der Waals surface area (Å²) in [5.41, 5.74) is 1.56. The first-order chi connectivity index (χ1) is 9.51. The van der Waals surface area contributed by atoms with E-state index < -0.39 is 11.9 Å². The maximum Gasteiger partial charge on any atom is 0.310 e. The van der Waals surface area contributed by atoms with Crippen molar-refractivity contribution in [1.82, 2.24) is 5.32 Å². The monoisotopic (exact) mass is 291 g/mol. The molecule has 2 atom stereocenters. The van der Waals surface area contributed by atoms with Gasteiger partial charge in [-0.25, -0.2) is 0 Å². The number of carbonyl (C=O) groups excluding carboxylic acids is 1. The third-order valence-corrected chi connectivity index (χ3v) is 4.13. The molecule has 0 spiro atoms. The molecule has 1 aliphatic rings. The summed E-state index contributed by atoms with van der Waals surface area (Å²) in [6.07, 6.45) is 5.77. The van der Waals surface area contributed by atoms with E-state index >= 15 is 0 Å². The Morgan fingerprint density at radius 3 is 2.70 bits per heavy atom. The predicted molar refractivity (Wildman–Crippen MR) is 79.1 cm³/mol. The second-order valence-corrected chi connectivity index (χ2v) is 5.71. The Hall–Kier alpha value is -1.75. The fourth-order valence-corrected chi connectivity index (χ4v) is 2.65. The Labute approximate surface area is 122 Å². The molecule has 0 aromatic heterocycles. The lowest BCUT2D eigenvalue weighted by Gasteiger charge is -2.14. The summed E-state index contributed by atoms with van der Waals surface area (Å²) in [7, 11) is 0. The molecular weight excluding hydrogens is 274 g/mol. The van der Waals surface area contributed by atoms with Crippen molar-refractivity contribution in [3.63, 3.8) is 0 Å². The number of aliphatic carboxylic acids is 1. The minimum atomic E-state index is -0.849. The van der Waals surface area contributed by atoms with E-state index in [1.807, 2.05) is 31.4 Å². The highest BCUT2D eigenvalue weighted by Crippen LogP contribution is 2.21. The summed E-state index contributed by atoms with van der Waals surface area (Å²) in [5.74, 6) is -1.50. The summed E-state index contributed by atoms with van der Waals surface area (Å²) >= 11 is 1.58. The average molecular weight is 291 g/mol. The van der Waals surface area contributed by atoms with Crippen LogP contribution in [0.4, 0.5) is 0 Å². The number of aryl methyl sites for hydroxylation is 1. The number of benzene rings is 1. The van der Waals surface area contributed by atoms with Gasteiger partial charge in [0, 0.05) is 16.5 Å². The summed E-state index contributed by atoms with van der Waals surface area (Å²) < 4.78 is 0. The number of hydrogen-bond acceptors (Lipinski definition) is 3. The lowest BCUT2D eigenvalue weighted by atomic mass is 10.1. The fraction of sp³-hybridized carbons (Fsp3) is 0.333. The molecule has 0 saturated heterocycles. The van der Waals surface area contributed by atoms with Gasteiger partial charge in [0.1, 0.15) is 0 Å². The van der Waals surface area contributed by atoms with Gasteiger partial charge in [-0.05, 0) is 37.3 Å². The molecule has 2 N–H and O–H groups in total. The molecule has 1 aliphatic carbocycles. The number of rotatable bonds is 4. The van der Waals surface area contributed by atoms with Crippen LogP contribution in [0, 0.1) is 12.8 Å². The van der Waals surface area contributed by atoms with Crippen LogP contribution in [0.1, 0.15) is 22.3 Å². The average Bonchev–Trinajstić information content (AvgIpc) is 2.88. The lowest BCUT2D eigenvalue weighted by Crippen LogP contribution is -2.33. The molecule has 0 bridgehead atoms. The van der Waals surface area contributed by atoms with Crippen molar-refractivity contribution in [2.45, 2.75) is 24.3 Å². The van der Waals surface area contributed by atoms with E-state index in [-0.39, 0.29) is 11.9 Å². The minimum absolute atomic E-state index is 0.154. The summed E-state index contributed by atoms with van der Waals surface area (Å²) in [5, 5.41) is 11.8. The molecule has 2 rings (SSSR count). The third-order valence-electron chi connectivity index (χ3n) is 3.41. The van der Waals surface area contributed by atoms with Crippen molar-refractivity contribution < 1.29 is 14.7 Å². The molecule has 5 heteroatoms. The van der Waals surface area contributed by atoms with Gasteiger partial charge in [-0.2, -0.15) is 0 Å². The Bertz CT molecular complexity index is 568. The molecule has 1 aromatic carbocycles. The SMILES string of the molecule is CSc1ccc(C)c(C(=O)NC2C=CC(C(=O)O)C2)c1. The molecule has 0 fully saturated rings. The van der Waals surface area contributed by atoms with E-state index in [0.717, 1.165) is 10.5 Å². The maximum absolute atomic E-state index is 12.3. The van der Waals surface area contributed by atoms with Crippen LogP contribution in [0.15, 0.2) is 35.2 Å². The number of carbonyl (C=O) groups is 2. The van der Waals surface area contributed by atoms with Crippen molar-refractivity contribution in [1.29, 1.82) is 0 Å². The van der Waals surface area contributed by atoms with Gasteiger partial charge in [0.25, 0.3) is 5.91 Å². The Kier molecular flexibility index (Phi) is 4.49. The predicted octanol–water partition coefficient (Wildman–Crippen LogP) is 2.48.